The molecule has 1 saturated heterocycles. The molecule has 0 N–H and O–H groups in total. The summed E-state index contributed by atoms with van der Waals surface area (Å²) in [7, 11) is 0. The SMILES string of the molecule is C#CCCCC(=O)C(C)(C)C1(c2ccccc2C#N)OCCCO1. The molecule has 4 heteroatoms. The second kappa shape index (κ2) is 7.62. The Morgan fingerprint density at radius 3 is 2.62 bits per heavy atom. The van der Waals surface area contributed by atoms with Gasteiger partial charge in [-0.1, -0.05) is 18.2 Å². The van der Waals surface area contributed by atoms with Gasteiger partial charge in [0.25, 0.3) is 0 Å². The van der Waals surface area contributed by atoms with Crippen LogP contribution in [0.15, 0.2) is 24.3 Å². The Balaban J connectivity index is 2.46. The van der Waals surface area contributed by atoms with Gasteiger partial charge in [-0.25, -0.2) is 0 Å². The summed E-state index contributed by atoms with van der Waals surface area (Å²) in [4.78, 5) is 12.9. The maximum Gasteiger partial charge on any atom is 0.208 e. The Morgan fingerprint density at radius 2 is 2.00 bits per heavy atom. The smallest absolute Gasteiger partial charge is 0.208 e. The van der Waals surface area contributed by atoms with Crippen molar-refractivity contribution in [2.75, 3.05) is 13.2 Å². The van der Waals surface area contributed by atoms with Crippen molar-refractivity contribution in [3.8, 4) is 18.4 Å². The van der Waals surface area contributed by atoms with Gasteiger partial charge in [0.1, 0.15) is 5.78 Å². The molecule has 0 amide bonds. The Hall–Kier alpha value is -2.14. The number of benzene rings is 1. The Labute approximate surface area is 143 Å². The third-order valence-corrected chi connectivity index (χ3v) is 4.55. The number of ether oxygens (including phenoxy) is 2. The minimum atomic E-state index is -1.25. The summed E-state index contributed by atoms with van der Waals surface area (Å²) < 4.78 is 12.1. The molecule has 4 nitrogen and oxygen atoms in total. The molecule has 0 spiro atoms. The van der Waals surface area contributed by atoms with E-state index < -0.39 is 11.2 Å². The Kier molecular flexibility index (Phi) is 5.78. The Bertz CT molecular complexity index is 673. The first-order chi connectivity index (χ1) is 11.5. The van der Waals surface area contributed by atoms with Crippen molar-refractivity contribution in [3.05, 3.63) is 35.4 Å². The van der Waals surface area contributed by atoms with E-state index in [1.54, 1.807) is 18.2 Å². The first-order valence-corrected chi connectivity index (χ1v) is 8.24. The van der Waals surface area contributed by atoms with E-state index in [1.165, 1.54) is 0 Å². The highest BCUT2D eigenvalue weighted by molar-refractivity contribution is 5.85. The van der Waals surface area contributed by atoms with E-state index in [4.69, 9.17) is 15.9 Å². The quantitative estimate of drug-likeness (QED) is 0.593. The Morgan fingerprint density at radius 1 is 1.33 bits per heavy atom. The molecule has 126 valence electrons. The topological polar surface area (TPSA) is 59.3 Å². The number of unbranched alkanes of at least 4 members (excludes halogenated alkanes) is 1. The first kappa shape index (κ1) is 18.2. The molecule has 0 aromatic heterocycles. The van der Waals surface area contributed by atoms with Crippen LogP contribution < -0.4 is 0 Å². The second-order valence-corrected chi connectivity index (χ2v) is 6.43. The van der Waals surface area contributed by atoms with E-state index >= 15 is 0 Å². The van der Waals surface area contributed by atoms with Crippen LogP contribution in [0.4, 0.5) is 0 Å². The van der Waals surface area contributed by atoms with E-state index in [9.17, 15) is 10.1 Å². The van der Waals surface area contributed by atoms with Crippen LogP contribution in [0.5, 0.6) is 0 Å². The van der Waals surface area contributed by atoms with Crippen LogP contribution >= 0.6 is 0 Å². The van der Waals surface area contributed by atoms with Crippen LogP contribution in [-0.4, -0.2) is 19.0 Å². The number of hydrogen-bond donors (Lipinski definition) is 0. The van der Waals surface area contributed by atoms with E-state index in [0.717, 1.165) is 6.42 Å². The number of carbonyl (C=O) groups is 1. The van der Waals surface area contributed by atoms with Gasteiger partial charge < -0.3 is 9.47 Å². The molecule has 1 heterocycles. The van der Waals surface area contributed by atoms with Gasteiger partial charge in [0.05, 0.1) is 30.3 Å². The van der Waals surface area contributed by atoms with Gasteiger partial charge in [0.2, 0.25) is 5.79 Å². The van der Waals surface area contributed by atoms with Crippen LogP contribution in [0.1, 0.15) is 50.7 Å². The van der Waals surface area contributed by atoms with Gasteiger partial charge in [0, 0.05) is 18.4 Å². The summed E-state index contributed by atoms with van der Waals surface area (Å²) in [5.74, 6) is 1.33. The maximum absolute atomic E-state index is 12.9. The number of hydrogen-bond acceptors (Lipinski definition) is 4. The van der Waals surface area contributed by atoms with Gasteiger partial charge in [-0.2, -0.15) is 5.26 Å². The highest BCUT2D eigenvalue weighted by Crippen LogP contribution is 2.48. The van der Waals surface area contributed by atoms with Crippen LogP contribution in [0.25, 0.3) is 0 Å². The summed E-state index contributed by atoms with van der Waals surface area (Å²) in [6.45, 7) is 4.62. The normalized spacial score (nSPS) is 16.8. The fraction of sp³-hybridized carbons (Fsp3) is 0.500. The molecule has 1 aliphatic rings. The number of nitriles is 1. The molecule has 0 radical (unpaired) electrons. The fourth-order valence-corrected chi connectivity index (χ4v) is 3.10. The summed E-state index contributed by atoms with van der Waals surface area (Å²) >= 11 is 0. The lowest BCUT2D eigenvalue weighted by molar-refractivity contribution is -0.320. The highest BCUT2D eigenvalue weighted by Gasteiger charge is 2.55. The standard InChI is InChI=1S/C20H23NO3/c1-4-5-6-12-18(22)19(2,3)20(23-13-9-14-24-20)17-11-8-7-10-16(17)15-21/h1,7-8,10-11H,5-6,9,12-14H2,2-3H3. The van der Waals surface area contributed by atoms with Crippen molar-refractivity contribution in [1.82, 2.24) is 0 Å². The average molecular weight is 325 g/mol. The van der Waals surface area contributed by atoms with Gasteiger partial charge in [-0.3, -0.25) is 4.79 Å². The zero-order valence-corrected chi connectivity index (χ0v) is 14.3. The number of rotatable bonds is 6. The third kappa shape index (κ3) is 3.22. The summed E-state index contributed by atoms with van der Waals surface area (Å²) in [5.41, 5.74) is 0.140. The summed E-state index contributed by atoms with van der Waals surface area (Å²) in [6.07, 6.45) is 7.59. The predicted molar refractivity (Wildman–Crippen MR) is 90.8 cm³/mol. The van der Waals surface area contributed by atoms with E-state index in [-0.39, 0.29) is 5.78 Å². The van der Waals surface area contributed by atoms with Crippen molar-refractivity contribution >= 4 is 5.78 Å². The van der Waals surface area contributed by atoms with E-state index in [2.05, 4.69) is 12.0 Å². The molecule has 1 aromatic rings. The lowest BCUT2D eigenvalue weighted by Gasteiger charge is -2.47. The van der Waals surface area contributed by atoms with Gasteiger partial charge in [0.15, 0.2) is 0 Å². The van der Waals surface area contributed by atoms with Crippen molar-refractivity contribution in [2.45, 2.75) is 45.3 Å². The molecule has 1 aliphatic heterocycles. The van der Waals surface area contributed by atoms with E-state index in [1.807, 2.05) is 19.9 Å². The largest absolute Gasteiger partial charge is 0.345 e. The van der Waals surface area contributed by atoms with Crippen LogP contribution in [0.2, 0.25) is 0 Å². The highest BCUT2D eigenvalue weighted by atomic mass is 16.7. The van der Waals surface area contributed by atoms with Crippen molar-refractivity contribution in [2.24, 2.45) is 5.41 Å². The zero-order chi connectivity index (χ0) is 17.6. The molecule has 1 fully saturated rings. The number of ketones is 1. The van der Waals surface area contributed by atoms with Crippen molar-refractivity contribution in [3.63, 3.8) is 0 Å². The number of terminal acetylenes is 1. The first-order valence-electron chi connectivity index (χ1n) is 8.24. The van der Waals surface area contributed by atoms with E-state index in [0.29, 0.717) is 43.6 Å². The molecule has 2 rings (SSSR count). The zero-order valence-electron chi connectivity index (χ0n) is 14.3. The fourth-order valence-electron chi connectivity index (χ4n) is 3.10. The van der Waals surface area contributed by atoms with Crippen LogP contribution in [-0.2, 0) is 20.1 Å². The molecular formula is C20H23NO3. The average Bonchev–Trinajstić information content (AvgIpc) is 2.62. The molecular weight excluding hydrogens is 302 g/mol. The third-order valence-electron chi connectivity index (χ3n) is 4.55. The van der Waals surface area contributed by atoms with Gasteiger partial charge in [-0.05, 0) is 32.8 Å². The van der Waals surface area contributed by atoms with Crippen LogP contribution in [0.3, 0.4) is 0 Å². The summed E-state index contributed by atoms with van der Waals surface area (Å²) in [6, 6.07) is 9.33. The summed E-state index contributed by atoms with van der Waals surface area (Å²) in [5, 5.41) is 9.47. The van der Waals surface area contributed by atoms with Crippen molar-refractivity contribution in [1.29, 1.82) is 5.26 Å². The number of carbonyl (C=O) groups excluding carboxylic acids is 1. The second-order valence-electron chi connectivity index (χ2n) is 6.43. The monoisotopic (exact) mass is 325 g/mol. The lowest BCUT2D eigenvalue weighted by Crippen LogP contribution is -2.53. The molecule has 0 unspecified atom stereocenters. The predicted octanol–water partition coefficient (Wildman–Crippen LogP) is 3.55. The number of nitrogens with zero attached hydrogens (tertiary/aromatic N) is 1. The molecule has 0 aliphatic carbocycles. The van der Waals surface area contributed by atoms with Crippen molar-refractivity contribution < 1.29 is 14.3 Å². The van der Waals surface area contributed by atoms with Crippen LogP contribution in [0, 0.1) is 29.1 Å². The van der Waals surface area contributed by atoms with Gasteiger partial charge >= 0.3 is 0 Å². The number of Topliss-reactive ketones (excluding diaryl/α,β-unsaturated/α-hetero) is 1. The van der Waals surface area contributed by atoms with Gasteiger partial charge in [-0.15, -0.1) is 12.3 Å². The molecule has 0 saturated carbocycles. The molecule has 0 atom stereocenters. The minimum absolute atomic E-state index is 0.0207. The molecule has 24 heavy (non-hydrogen) atoms. The maximum atomic E-state index is 12.9. The molecule has 0 bridgehead atoms. The minimum Gasteiger partial charge on any atom is -0.345 e. The lowest BCUT2D eigenvalue weighted by atomic mass is 9.72. The molecule has 1 aromatic carbocycles.